The van der Waals surface area contributed by atoms with Crippen LogP contribution in [-0.4, -0.2) is 21.6 Å². The van der Waals surface area contributed by atoms with E-state index in [1.165, 1.54) is 16.8 Å². The summed E-state index contributed by atoms with van der Waals surface area (Å²) >= 11 is 0. The maximum atomic E-state index is 13.7. The third-order valence-electron chi connectivity index (χ3n) is 3.97. The van der Waals surface area contributed by atoms with E-state index in [9.17, 15) is 23.6 Å². The molecule has 1 aromatic heterocycles. The highest BCUT2D eigenvalue weighted by molar-refractivity contribution is 6.10. The Morgan fingerprint density at radius 3 is 2.64 bits per heavy atom. The molecule has 0 spiro atoms. The van der Waals surface area contributed by atoms with Crippen molar-refractivity contribution in [2.45, 2.75) is 6.54 Å². The van der Waals surface area contributed by atoms with E-state index < -0.39 is 23.5 Å². The molecule has 1 heterocycles. The number of nitriles is 1. The number of halogens is 2. The predicted octanol–water partition coefficient (Wildman–Crippen LogP) is 3.55. The minimum atomic E-state index is -1.04. The highest BCUT2D eigenvalue weighted by Gasteiger charge is 2.15. The van der Waals surface area contributed by atoms with Gasteiger partial charge >= 0.3 is 5.97 Å². The van der Waals surface area contributed by atoms with Crippen molar-refractivity contribution >= 4 is 34.5 Å². The first-order valence-corrected chi connectivity index (χ1v) is 8.07. The van der Waals surface area contributed by atoms with Crippen molar-refractivity contribution in [1.82, 2.24) is 4.57 Å². The monoisotopic (exact) mass is 381 g/mol. The van der Waals surface area contributed by atoms with Gasteiger partial charge in [0.15, 0.2) is 0 Å². The Hall–Kier alpha value is -3.99. The van der Waals surface area contributed by atoms with E-state index in [-0.39, 0.29) is 17.8 Å². The molecule has 0 bridgehead atoms. The molecule has 1 amide bonds. The van der Waals surface area contributed by atoms with Crippen LogP contribution >= 0.6 is 0 Å². The molecule has 3 rings (SSSR count). The first-order valence-electron chi connectivity index (χ1n) is 8.07. The van der Waals surface area contributed by atoms with Crippen LogP contribution in [0.25, 0.3) is 17.0 Å². The minimum absolute atomic E-state index is 0.263. The molecule has 0 fully saturated rings. The van der Waals surface area contributed by atoms with E-state index in [1.54, 1.807) is 30.3 Å². The normalized spacial score (nSPS) is 11.2. The van der Waals surface area contributed by atoms with Gasteiger partial charge in [-0.25, -0.2) is 8.78 Å². The summed E-state index contributed by atoms with van der Waals surface area (Å²) in [7, 11) is 0. The number of fused-ring (bicyclic) bond motifs is 1. The van der Waals surface area contributed by atoms with Gasteiger partial charge < -0.3 is 15.0 Å². The lowest BCUT2D eigenvalue weighted by Gasteiger charge is -2.05. The van der Waals surface area contributed by atoms with E-state index in [2.05, 4.69) is 5.32 Å². The Morgan fingerprint density at radius 2 is 1.96 bits per heavy atom. The van der Waals surface area contributed by atoms with Crippen LogP contribution in [0.2, 0.25) is 0 Å². The second-order valence-electron chi connectivity index (χ2n) is 5.87. The first-order chi connectivity index (χ1) is 13.4. The third-order valence-corrected chi connectivity index (χ3v) is 3.97. The van der Waals surface area contributed by atoms with Gasteiger partial charge in [0.25, 0.3) is 5.91 Å². The Bertz CT molecular complexity index is 1160. The quantitative estimate of drug-likeness (QED) is 0.522. The highest BCUT2D eigenvalue weighted by Crippen LogP contribution is 2.24. The minimum Gasteiger partial charge on any atom is -0.480 e. The van der Waals surface area contributed by atoms with Crippen molar-refractivity contribution in [3.05, 3.63) is 71.4 Å². The number of nitrogens with zero attached hydrogens (tertiary/aromatic N) is 2. The van der Waals surface area contributed by atoms with Gasteiger partial charge in [0.2, 0.25) is 0 Å². The molecule has 0 unspecified atom stereocenters. The Labute approximate surface area is 157 Å². The van der Waals surface area contributed by atoms with Crippen molar-refractivity contribution < 1.29 is 23.5 Å². The molecule has 0 atom stereocenters. The molecule has 0 aliphatic rings. The fourth-order valence-corrected chi connectivity index (χ4v) is 2.75. The fourth-order valence-electron chi connectivity index (χ4n) is 2.75. The van der Waals surface area contributed by atoms with Crippen LogP contribution in [0.4, 0.5) is 14.5 Å². The van der Waals surface area contributed by atoms with Crippen molar-refractivity contribution in [3.63, 3.8) is 0 Å². The first kappa shape index (κ1) is 18.8. The van der Waals surface area contributed by atoms with Gasteiger partial charge in [0, 0.05) is 28.7 Å². The molecule has 0 saturated carbocycles. The summed E-state index contributed by atoms with van der Waals surface area (Å²) in [5, 5.41) is 21.3. The molecular weight excluding hydrogens is 368 g/mol. The number of carbonyl (C=O) groups excluding carboxylic acids is 1. The van der Waals surface area contributed by atoms with Gasteiger partial charge in [-0.3, -0.25) is 9.59 Å². The topological polar surface area (TPSA) is 95.1 Å². The van der Waals surface area contributed by atoms with E-state index in [1.807, 2.05) is 0 Å². The molecule has 0 radical (unpaired) electrons. The summed E-state index contributed by atoms with van der Waals surface area (Å²) < 4.78 is 28.2. The molecule has 6 nitrogen and oxygen atoms in total. The van der Waals surface area contributed by atoms with Crippen molar-refractivity contribution in [2.24, 2.45) is 0 Å². The number of nitrogens with one attached hydrogen (secondary N) is 1. The van der Waals surface area contributed by atoms with Gasteiger partial charge in [0.05, 0.1) is 5.69 Å². The van der Waals surface area contributed by atoms with Crippen LogP contribution < -0.4 is 5.32 Å². The van der Waals surface area contributed by atoms with Crippen LogP contribution in [0.1, 0.15) is 5.56 Å². The summed E-state index contributed by atoms with van der Waals surface area (Å²) in [6.45, 7) is -0.288. The number of amides is 1. The number of carbonyl (C=O) groups is 2. The van der Waals surface area contributed by atoms with E-state index in [0.717, 1.165) is 12.1 Å². The van der Waals surface area contributed by atoms with Crippen LogP contribution in [0.15, 0.2) is 54.2 Å². The number of para-hydroxylation sites is 1. The molecule has 2 aromatic carbocycles. The molecule has 28 heavy (non-hydrogen) atoms. The SMILES string of the molecule is N#C/C(=C\c1cn(CC(=O)O)c2ccccc12)C(=O)Nc1ccc(F)cc1F. The molecule has 0 aliphatic heterocycles. The Balaban J connectivity index is 1.97. The van der Waals surface area contributed by atoms with Gasteiger partial charge in [-0.15, -0.1) is 0 Å². The van der Waals surface area contributed by atoms with Crippen LogP contribution in [-0.2, 0) is 16.1 Å². The summed E-state index contributed by atoms with van der Waals surface area (Å²) in [4.78, 5) is 23.4. The Morgan fingerprint density at radius 1 is 1.21 bits per heavy atom. The largest absolute Gasteiger partial charge is 0.480 e. The number of carboxylic acids is 1. The zero-order valence-electron chi connectivity index (χ0n) is 14.3. The fraction of sp³-hybridized carbons (Fsp3) is 0.0500. The highest BCUT2D eigenvalue weighted by atomic mass is 19.1. The maximum Gasteiger partial charge on any atom is 0.323 e. The number of aliphatic carboxylic acids is 1. The van der Waals surface area contributed by atoms with Gasteiger partial charge in [-0.2, -0.15) is 5.26 Å². The summed E-state index contributed by atoms with van der Waals surface area (Å²) in [6, 6.07) is 11.3. The van der Waals surface area contributed by atoms with Crippen LogP contribution in [0.3, 0.4) is 0 Å². The third kappa shape index (κ3) is 3.88. The van der Waals surface area contributed by atoms with Crippen LogP contribution in [0, 0.1) is 23.0 Å². The summed E-state index contributed by atoms with van der Waals surface area (Å²) in [5.41, 5.74) is 0.504. The number of hydrogen-bond acceptors (Lipinski definition) is 3. The lowest BCUT2D eigenvalue weighted by molar-refractivity contribution is -0.137. The molecule has 2 N–H and O–H groups in total. The van der Waals surface area contributed by atoms with Crippen molar-refractivity contribution in [2.75, 3.05) is 5.32 Å². The number of benzene rings is 2. The van der Waals surface area contributed by atoms with E-state index in [0.29, 0.717) is 22.5 Å². The number of anilines is 1. The van der Waals surface area contributed by atoms with Gasteiger partial charge in [-0.1, -0.05) is 18.2 Å². The molecule has 8 heteroatoms. The lowest BCUT2D eigenvalue weighted by Crippen LogP contribution is -2.14. The van der Waals surface area contributed by atoms with Gasteiger partial charge in [-0.05, 0) is 24.3 Å². The number of rotatable bonds is 5. The summed E-state index contributed by atoms with van der Waals surface area (Å²) in [5.74, 6) is -3.68. The standard InChI is InChI=1S/C20H13F2N3O3/c21-14-5-6-17(16(22)8-14)24-20(28)12(9-23)7-13-10-25(11-19(26)27)18-4-2-1-3-15(13)18/h1-8,10H,11H2,(H,24,28)(H,26,27)/b12-7+. The van der Waals surface area contributed by atoms with E-state index >= 15 is 0 Å². The second-order valence-corrected chi connectivity index (χ2v) is 5.87. The summed E-state index contributed by atoms with van der Waals surface area (Å²) in [6.07, 6.45) is 2.80. The molecule has 140 valence electrons. The van der Waals surface area contributed by atoms with Crippen LogP contribution in [0.5, 0.6) is 0 Å². The average molecular weight is 381 g/mol. The van der Waals surface area contributed by atoms with E-state index in [4.69, 9.17) is 5.11 Å². The molecule has 0 saturated heterocycles. The van der Waals surface area contributed by atoms with Gasteiger partial charge in [0.1, 0.15) is 29.8 Å². The van der Waals surface area contributed by atoms with Crippen molar-refractivity contribution in [3.8, 4) is 6.07 Å². The number of aromatic nitrogens is 1. The number of hydrogen-bond donors (Lipinski definition) is 2. The number of carboxylic acid groups (broad SMARTS) is 1. The molecular formula is C20H13F2N3O3. The van der Waals surface area contributed by atoms with Crippen molar-refractivity contribution in [1.29, 1.82) is 5.26 Å². The predicted molar refractivity (Wildman–Crippen MR) is 98.2 cm³/mol. The maximum absolute atomic E-state index is 13.7. The second kappa shape index (κ2) is 7.72. The molecule has 0 aliphatic carbocycles. The average Bonchev–Trinajstić information content (AvgIpc) is 2.99. The Kier molecular flexibility index (Phi) is 5.18. The smallest absolute Gasteiger partial charge is 0.323 e. The zero-order chi connectivity index (χ0) is 20.3. The lowest BCUT2D eigenvalue weighted by atomic mass is 10.1. The molecule has 3 aromatic rings. The zero-order valence-corrected chi connectivity index (χ0v) is 14.3.